The standard InChI is InChI=1S/C22H25F2N7O2/c1-29(2)19-10-18(17-11-22(17,23)24)27-31(19)9-8-16(13-32)26-21(33)20-25-14-30(28-20)12-15-6-4-3-5-7-15/h3-7,10,13-14,16-17H,8-9,11-12H2,1-2H3,(H,26,33). The third kappa shape index (κ3) is 5.24. The van der Waals surface area contributed by atoms with Crippen molar-refractivity contribution in [3.8, 4) is 0 Å². The van der Waals surface area contributed by atoms with Crippen molar-refractivity contribution in [3.05, 3.63) is 59.8 Å². The van der Waals surface area contributed by atoms with E-state index in [4.69, 9.17) is 0 Å². The maximum atomic E-state index is 13.5. The van der Waals surface area contributed by atoms with Crippen LogP contribution in [0, 0.1) is 0 Å². The van der Waals surface area contributed by atoms with Gasteiger partial charge in [-0.05, 0) is 12.0 Å². The number of aryl methyl sites for hydroxylation is 1. The molecule has 9 nitrogen and oxygen atoms in total. The van der Waals surface area contributed by atoms with Crippen LogP contribution in [0.5, 0.6) is 0 Å². The molecule has 0 bridgehead atoms. The van der Waals surface area contributed by atoms with E-state index in [1.54, 1.807) is 34.4 Å². The number of carbonyl (C=O) groups excluding carboxylic acids is 2. The Morgan fingerprint density at radius 3 is 2.67 bits per heavy atom. The number of alkyl halides is 2. The second-order valence-electron chi connectivity index (χ2n) is 8.32. The van der Waals surface area contributed by atoms with Gasteiger partial charge in [-0.3, -0.25) is 4.79 Å². The van der Waals surface area contributed by atoms with Crippen molar-refractivity contribution in [3.63, 3.8) is 0 Å². The van der Waals surface area contributed by atoms with Crippen LogP contribution in [0.2, 0.25) is 0 Å². The highest BCUT2D eigenvalue weighted by Crippen LogP contribution is 2.55. The van der Waals surface area contributed by atoms with Crippen LogP contribution in [0.1, 0.15) is 40.6 Å². The average molecular weight is 457 g/mol. The first-order chi connectivity index (χ1) is 15.8. The van der Waals surface area contributed by atoms with Crippen LogP contribution in [0.15, 0.2) is 42.7 Å². The zero-order valence-corrected chi connectivity index (χ0v) is 18.4. The van der Waals surface area contributed by atoms with E-state index in [0.717, 1.165) is 5.56 Å². The first kappa shape index (κ1) is 22.6. The van der Waals surface area contributed by atoms with Crippen LogP contribution in [-0.2, 0) is 17.9 Å². The third-order valence-corrected chi connectivity index (χ3v) is 5.48. The van der Waals surface area contributed by atoms with Gasteiger partial charge in [-0.1, -0.05) is 30.3 Å². The number of amides is 1. The highest BCUT2D eigenvalue weighted by atomic mass is 19.3. The van der Waals surface area contributed by atoms with E-state index in [2.05, 4.69) is 20.5 Å². The number of carbonyl (C=O) groups is 2. The minimum atomic E-state index is -2.71. The van der Waals surface area contributed by atoms with Gasteiger partial charge in [-0.15, -0.1) is 5.10 Å². The molecule has 1 fully saturated rings. The molecule has 2 unspecified atom stereocenters. The van der Waals surface area contributed by atoms with Gasteiger partial charge in [-0.2, -0.15) is 5.10 Å². The molecule has 2 atom stereocenters. The van der Waals surface area contributed by atoms with E-state index in [1.807, 2.05) is 30.3 Å². The molecule has 0 saturated heterocycles. The minimum absolute atomic E-state index is 0.0379. The number of nitrogens with one attached hydrogen (secondary N) is 1. The van der Waals surface area contributed by atoms with E-state index in [0.29, 0.717) is 24.3 Å². The van der Waals surface area contributed by atoms with Crippen LogP contribution in [0.4, 0.5) is 14.6 Å². The lowest BCUT2D eigenvalue weighted by atomic mass is 10.2. The smallest absolute Gasteiger partial charge is 0.291 e. The number of aromatic nitrogens is 5. The number of anilines is 1. The van der Waals surface area contributed by atoms with Crippen LogP contribution < -0.4 is 10.2 Å². The fourth-order valence-electron chi connectivity index (χ4n) is 3.57. The van der Waals surface area contributed by atoms with Crippen molar-refractivity contribution in [1.29, 1.82) is 0 Å². The van der Waals surface area contributed by atoms with Crippen LogP contribution in [-0.4, -0.2) is 62.8 Å². The van der Waals surface area contributed by atoms with E-state index < -0.39 is 23.8 Å². The van der Waals surface area contributed by atoms with Gasteiger partial charge in [0.15, 0.2) is 0 Å². The normalized spacial score (nSPS) is 17.4. The Morgan fingerprint density at radius 2 is 2.03 bits per heavy atom. The predicted molar refractivity (Wildman–Crippen MR) is 116 cm³/mol. The summed E-state index contributed by atoms with van der Waals surface area (Å²) in [5, 5.41) is 11.1. The third-order valence-electron chi connectivity index (χ3n) is 5.48. The molecule has 0 aliphatic heterocycles. The second-order valence-corrected chi connectivity index (χ2v) is 8.32. The molecule has 1 N–H and O–H groups in total. The quantitative estimate of drug-likeness (QED) is 0.469. The summed E-state index contributed by atoms with van der Waals surface area (Å²) >= 11 is 0. The summed E-state index contributed by atoms with van der Waals surface area (Å²) in [6.07, 6.45) is 2.13. The molecule has 1 amide bonds. The van der Waals surface area contributed by atoms with Crippen molar-refractivity contribution in [2.24, 2.45) is 0 Å². The first-order valence-electron chi connectivity index (χ1n) is 10.6. The molecule has 33 heavy (non-hydrogen) atoms. The highest BCUT2D eigenvalue weighted by Gasteiger charge is 2.59. The molecular formula is C22H25F2N7O2. The lowest BCUT2D eigenvalue weighted by molar-refractivity contribution is -0.109. The lowest BCUT2D eigenvalue weighted by Crippen LogP contribution is -2.37. The molecule has 174 valence electrons. The Morgan fingerprint density at radius 1 is 1.30 bits per heavy atom. The van der Waals surface area contributed by atoms with E-state index in [-0.39, 0.29) is 25.2 Å². The summed E-state index contributed by atoms with van der Waals surface area (Å²) in [5.74, 6) is -3.52. The molecule has 1 aromatic carbocycles. The lowest BCUT2D eigenvalue weighted by Gasteiger charge is -2.16. The summed E-state index contributed by atoms with van der Waals surface area (Å²) in [6, 6.07) is 10.5. The molecule has 1 saturated carbocycles. The average Bonchev–Trinajstić information content (AvgIpc) is 3.15. The Kier molecular flexibility index (Phi) is 6.21. The van der Waals surface area contributed by atoms with Gasteiger partial charge < -0.3 is 15.0 Å². The number of benzene rings is 1. The zero-order chi connectivity index (χ0) is 23.6. The summed E-state index contributed by atoms with van der Waals surface area (Å²) in [4.78, 5) is 29.9. The molecule has 2 heterocycles. The molecular weight excluding hydrogens is 432 g/mol. The van der Waals surface area contributed by atoms with Gasteiger partial charge in [0.2, 0.25) is 5.82 Å². The Hall–Kier alpha value is -3.63. The van der Waals surface area contributed by atoms with Gasteiger partial charge in [0.1, 0.15) is 18.4 Å². The van der Waals surface area contributed by atoms with Gasteiger partial charge >= 0.3 is 0 Å². The maximum absolute atomic E-state index is 13.5. The molecule has 1 aliphatic carbocycles. The largest absolute Gasteiger partial charge is 0.363 e. The SMILES string of the molecule is CN(C)c1cc(C2CC2(F)F)nn1CCC(C=O)NC(=O)c1ncn(Cc2ccccc2)n1. The van der Waals surface area contributed by atoms with Crippen molar-refractivity contribution < 1.29 is 18.4 Å². The molecule has 0 radical (unpaired) electrons. The van der Waals surface area contributed by atoms with Crippen LogP contribution >= 0.6 is 0 Å². The maximum Gasteiger partial charge on any atom is 0.291 e. The summed E-state index contributed by atoms with van der Waals surface area (Å²) in [6.45, 7) is 0.735. The molecule has 3 aromatic rings. The van der Waals surface area contributed by atoms with Crippen LogP contribution in [0.3, 0.4) is 0 Å². The topological polar surface area (TPSA) is 97.9 Å². The molecule has 2 aromatic heterocycles. The van der Waals surface area contributed by atoms with Gasteiger partial charge in [0.05, 0.1) is 24.2 Å². The fraction of sp³-hybridized carbons (Fsp3) is 0.409. The number of hydrogen-bond donors (Lipinski definition) is 1. The summed E-state index contributed by atoms with van der Waals surface area (Å²) in [7, 11) is 3.58. The zero-order valence-electron chi connectivity index (χ0n) is 18.4. The van der Waals surface area contributed by atoms with Crippen molar-refractivity contribution in [2.45, 2.75) is 43.8 Å². The fourth-order valence-corrected chi connectivity index (χ4v) is 3.57. The Bertz CT molecular complexity index is 1130. The molecule has 0 spiro atoms. The second kappa shape index (κ2) is 9.08. The summed E-state index contributed by atoms with van der Waals surface area (Å²) in [5.41, 5.74) is 1.35. The number of halogens is 2. The van der Waals surface area contributed by atoms with Crippen molar-refractivity contribution in [1.82, 2.24) is 29.9 Å². The highest BCUT2D eigenvalue weighted by molar-refractivity contribution is 5.92. The Balaban J connectivity index is 1.36. The van der Waals surface area contributed by atoms with Gasteiger partial charge in [0, 0.05) is 33.1 Å². The van der Waals surface area contributed by atoms with Crippen LogP contribution in [0.25, 0.3) is 0 Å². The number of aldehydes is 1. The van der Waals surface area contributed by atoms with Gasteiger partial charge in [-0.25, -0.2) is 23.1 Å². The molecule has 11 heteroatoms. The predicted octanol–water partition coefficient (Wildman–Crippen LogP) is 2.10. The molecule has 1 aliphatic rings. The van der Waals surface area contributed by atoms with E-state index in [9.17, 15) is 18.4 Å². The van der Waals surface area contributed by atoms with Crippen molar-refractivity contribution in [2.75, 3.05) is 19.0 Å². The van der Waals surface area contributed by atoms with E-state index >= 15 is 0 Å². The number of nitrogens with zero attached hydrogens (tertiary/aromatic N) is 6. The first-order valence-corrected chi connectivity index (χ1v) is 10.6. The monoisotopic (exact) mass is 457 g/mol. The minimum Gasteiger partial charge on any atom is -0.363 e. The Labute approximate surface area is 189 Å². The molecule has 4 rings (SSSR count). The summed E-state index contributed by atoms with van der Waals surface area (Å²) < 4.78 is 30.0. The van der Waals surface area contributed by atoms with Crippen molar-refractivity contribution >= 4 is 18.0 Å². The van der Waals surface area contributed by atoms with Gasteiger partial charge in [0.25, 0.3) is 11.8 Å². The number of hydrogen-bond acceptors (Lipinski definition) is 6. The number of rotatable bonds is 10. The van der Waals surface area contributed by atoms with E-state index in [1.165, 1.54) is 6.33 Å².